The Morgan fingerprint density at radius 1 is 1.27 bits per heavy atom. The summed E-state index contributed by atoms with van der Waals surface area (Å²) in [4.78, 5) is 0. The van der Waals surface area contributed by atoms with Crippen LogP contribution in [0.2, 0.25) is 18.1 Å². The van der Waals surface area contributed by atoms with E-state index in [2.05, 4.69) is 40.8 Å². The smallest absolute Gasteiger partial charge is 0.193 e. The van der Waals surface area contributed by atoms with Crippen LogP contribution in [-0.2, 0) is 9.16 Å². The van der Waals surface area contributed by atoms with Gasteiger partial charge in [0.05, 0.1) is 13.2 Å². The van der Waals surface area contributed by atoms with E-state index in [-0.39, 0.29) is 11.1 Å². The van der Waals surface area contributed by atoms with Crippen molar-refractivity contribution in [1.82, 2.24) is 0 Å². The highest BCUT2D eigenvalue weighted by Gasteiger charge is 2.39. The molecule has 90 valence electrons. The van der Waals surface area contributed by atoms with E-state index >= 15 is 0 Å². The van der Waals surface area contributed by atoms with Gasteiger partial charge >= 0.3 is 0 Å². The summed E-state index contributed by atoms with van der Waals surface area (Å²) >= 11 is 0. The Hall–Kier alpha value is -0.283. The van der Waals surface area contributed by atoms with Crippen molar-refractivity contribution in [3.63, 3.8) is 0 Å². The van der Waals surface area contributed by atoms with Gasteiger partial charge < -0.3 is 9.16 Å². The molecule has 0 amide bonds. The number of allylic oxidation sites excluding steroid dienone is 1. The van der Waals surface area contributed by atoms with Crippen molar-refractivity contribution >= 4 is 8.32 Å². The molecule has 0 spiro atoms. The molecule has 2 nitrogen and oxygen atoms in total. The summed E-state index contributed by atoms with van der Waals surface area (Å²) in [5.41, 5.74) is 0. The number of ether oxygens (including phenoxy) is 1. The molecule has 1 unspecified atom stereocenters. The molecule has 0 saturated heterocycles. The molecule has 0 aliphatic heterocycles. The molecule has 3 heteroatoms. The minimum Gasteiger partial charge on any atom is -0.499 e. The lowest BCUT2D eigenvalue weighted by Gasteiger charge is -2.38. The van der Waals surface area contributed by atoms with Crippen LogP contribution in [0.1, 0.15) is 34.6 Å². The first-order chi connectivity index (χ1) is 6.65. The third kappa shape index (κ3) is 3.99. The highest BCUT2D eigenvalue weighted by Crippen LogP contribution is 2.37. The largest absolute Gasteiger partial charge is 0.499 e. The molecule has 0 aliphatic carbocycles. The summed E-state index contributed by atoms with van der Waals surface area (Å²) in [6.45, 7) is 15.3. The van der Waals surface area contributed by atoms with E-state index in [9.17, 15) is 0 Å². The van der Waals surface area contributed by atoms with Crippen molar-refractivity contribution in [1.29, 1.82) is 0 Å². The molecule has 0 aromatic carbocycles. The molecule has 0 bridgehead atoms. The van der Waals surface area contributed by atoms with Gasteiger partial charge in [0.1, 0.15) is 5.76 Å². The van der Waals surface area contributed by atoms with Crippen LogP contribution in [0.3, 0.4) is 0 Å². The molecule has 0 heterocycles. The minimum atomic E-state index is -1.68. The normalized spacial score (nSPS) is 16.4. The zero-order chi connectivity index (χ0) is 12.3. The lowest BCUT2D eigenvalue weighted by molar-refractivity contribution is 0.146. The topological polar surface area (TPSA) is 18.5 Å². The van der Waals surface area contributed by atoms with Crippen LogP contribution in [0.4, 0.5) is 0 Å². The Morgan fingerprint density at radius 3 is 2.00 bits per heavy atom. The van der Waals surface area contributed by atoms with Crippen LogP contribution in [-0.4, -0.2) is 21.5 Å². The maximum Gasteiger partial charge on any atom is 0.193 e. The van der Waals surface area contributed by atoms with Gasteiger partial charge in [-0.05, 0) is 38.1 Å². The predicted molar refractivity (Wildman–Crippen MR) is 68.5 cm³/mol. The van der Waals surface area contributed by atoms with Gasteiger partial charge in [0.25, 0.3) is 0 Å². The molecular formula is C12H26O2Si. The number of methoxy groups -OCH3 is 1. The van der Waals surface area contributed by atoms with Gasteiger partial charge in [-0.15, -0.1) is 0 Å². The summed E-state index contributed by atoms with van der Waals surface area (Å²) < 4.78 is 11.5. The van der Waals surface area contributed by atoms with Crippen molar-refractivity contribution in [2.75, 3.05) is 7.11 Å². The zero-order valence-corrected chi connectivity index (χ0v) is 12.5. The molecule has 15 heavy (non-hydrogen) atoms. The Labute approximate surface area is 95.8 Å². The molecule has 0 aromatic heterocycles. The van der Waals surface area contributed by atoms with Gasteiger partial charge in [0.2, 0.25) is 0 Å². The van der Waals surface area contributed by atoms with E-state index in [0.29, 0.717) is 0 Å². The molecule has 0 aromatic rings. The quantitative estimate of drug-likeness (QED) is 0.538. The van der Waals surface area contributed by atoms with Crippen LogP contribution in [0, 0.1) is 0 Å². The lowest BCUT2D eigenvalue weighted by Crippen LogP contribution is -2.43. The molecule has 1 atom stereocenters. The molecular weight excluding hydrogens is 204 g/mol. The number of rotatable bonds is 4. The fourth-order valence-electron chi connectivity index (χ4n) is 1.20. The highest BCUT2D eigenvalue weighted by atomic mass is 28.4. The van der Waals surface area contributed by atoms with Gasteiger partial charge in [0.15, 0.2) is 8.32 Å². The monoisotopic (exact) mass is 230 g/mol. The van der Waals surface area contributed by atoms with Crippen LogP contribution < -0.4 is 0 Å². The molecule has 0 aliphatic rings. The van der Waals surface area contributed by atoms with Crippen LogP contribution in [0.25, 0.3) is 0 Å². The molecule has 0 saturated carbocycles. The van der Waals surface area contributed by atoms with E-state index in [1.54, 1.807) is 7.11 Å². The Balaban J connectivity index is 4.60. The first kappa shape index (κ1) is 14.7. The van der Waals surface area contributed by atoms with Gasteiger partial charge in [-0.2, -0.15) is 0 Å². The highest BCUT2D eigenvalue weighted by molar-refractivity contribution is 6.74. The van der Waals surface area contributed by atoms with Crippen molar-refractivity contribution in [2.45, 2.75) is 58.9 Å². The summed E-state index contributed by atoms with van der Waals surface area (Å²) in [5.74, 6) is 0.917. The second kappa shape index (κ2) is 5.17. The Kier molecular flexibility index (Phi) is 5.07. The molecule has 0 radical (unpaired) electrons. The second-order valence-corrected chi connectivity index (χ2v) is 10.2. The summed E-state index contributed by atoms with van der Waals surface area (Å²) in [5, 5.41) is 0.244. The second-order valence-electron chi connectivity index (χ2n) is 5.42. The first-order valence-electron chi connectivity index (χ1n) is 5.53. The summed E-state index contributed by atoms with van der Waals surface area (Å²) in [6, 6.07) is 0. The van der Waals surface area contributed by atoms with Gasteiger partial charge in [-0.25, -0.2) is 0 Å². The van der Waals surface area contributed by atoms with Crippen molar-refractivity contribution in [2.24, 2.45) is 0 Å². The van der Waals surface area contributed by atoms with Crippen molar-refractivity contribution < 1.29 is 9.16 Å². The fourth-order valence-corrected chi connectivity index (χ4v) is 2.55. The zero-order valence-electron chi connectivity index (χ0n) is 11.5. The standard InChI is InChI=1S/C12H26O2Si/c1-9-11(13-6)10(2)14-15(7,8)12(3,4)5/h9-10H,1-8H3. The third-order valence-electron chi connectivity index (χ3n) is 3.20. The van der Waals surface area contributed by atoms with E-state index in [1.165, 1.54) is 0 Å². The SMILES string of the molecule is CC=C(OC)C(C)O[Si](C)(C)C(C)(C)C. The van der Waals surface area contributed by atoms with E-state index in [0.717, 1.165) is 5.76 Å². The average molecular weight is 230 g/mol. The fraction of sp³-hybridized carbons (Fsp3) is 0.833. The van der Waals surface area contributed by atoms with Gasteiger partial charge in [-0.1, -0.05) is 20.8 Å². The van der Waals surface area contributed by atoms with E-state index in [1.807, 2.05) is 13.0 Å². The number of hydrogen-bond donors (Lipinski definition) is 0. The number of hydrogen-bond acceptors (Lipinski definition) is 2. The Morgan fingerprint density at radius 2 is 1.73 bits per heavy atom. The molecule has 0 fully saturated rings. The summed E-state index contributed by atoms with van der Waals surface area (Å²) in [7, 11) is 0.0112. The minimum absolute atomic E-state index is 0.0564. The maximum absolute atomic E-state index is 6.19. The first-order valence-corrected chi connectivity index (χ1v) is 8.44. The Bertz CT molecular complexity index is 226. The summed E-state index contributed by atoms with van der Waals surface area (Å²) in [6.07, 6.45) is 2.03. The third-order valence-corrected chi connectivity index (χ3v) is 7.75. The maximum atomic E-state index is 6.19. The van der Waals surface area contributed by atoms with Gasteiger partial charge in [-0.3, -0.25) is 0 Å². The van der Waals surface area contributed by atoms with E-state index in [4.69, 9.17) is 9.16 Å². The van der Waals surface area contributed by atoms with Crippen LogP contribution in [0.15, 0.2) is 11.8 Å². The average Bonchev–Trinajstić information content (AvgIpc) is 2.03. The van der Waals surface area contributed by atoms with Gasteiger partial charge in [0, 0.05) is 0 Å². The van der Waals surface area contributed by atoms with Crippen molar-refractivity contribution in [3.8, 4) is 0 Å². The van der Waals surface area contributed by atoms with Crippen molar-refractivity contribution in [3.05, 3.63) is 11.8 Å². The lowest BCUT2D eigenvalue weighted by atomic mass is 10.2. The van der Waals surface area contributed by atoms with E-state index < -0.39 is 8.32 Å². The van der Waals surface area contributed by atoms with Crippen LogP contribution in [0.5, 0.6) is 0 Å². The predicted octanol–water partition coefficient (Wildman–Crippen LogP) is 3.95. The molecule has 0 N–H and O–H groups in total. The molecule has 0 rings (SSSR count). The van der Waals surface area contributed by atoms with Crippen LogP contribution >= 0.6 is 0 Å².